The highest BCUT2D eigenvalue weighted by atomic mass is 32.2. The molecule has 0 unspecified atom stereocenters. The van der Waals surface area contributed by atoms with Gasteiger partial charge in [-0.1, -0.05) is 11.2 Å². The number of benzene rings is 1. The molecule has 2 rings (SSSR count). The normalized spacial score (nSPS) is 11.1. The summed E-state index contributed by atoms with van der Waals surface area (Å²) in [5, 5.41) is 3.39. The number of nitrogens with two attached hydrogens (primary N) is 1. The zero-order chi connectivity index (χ0) is 15.6. The zero-order valence-corrected chi connectivity index (χ0v) is 12.1. The van der Waals surface area contributed by atoms with E-state index in [-0.39, 0.29) is 27.7 Å². The minimum Gasteiger partial charge on any atom is -0.465 e. The molecule has 2 aromatic rings. The number of carbonyl (C=O) groups excluding carboxylic acids is 1. The first-order valence-electron chi connectivity index (χ1n) is 5.78. The Balaban J connectivity index is 2.36. The molecule has 1 aromatic heterocycles. The molecule has 0 spiro atoms. The number of sulfonamides is 1. The van der Waals surface area contributed by atoms with Crippen molar-refractivity contribution in [2.45, 2.75) is 11.8 Å². The van der Waals surface area contributed by atoms with Crippen molar-refractivity contribution in [2.75, 3.05) is 17.6 Å². The van der Waals surface area contributed by atoms with E-state index in [0.717, 1.165) is 0 Å². The van der Waals surface area contributed by atoms with Gasteiger partial charge >= 0.3 is 5.97 Å². The Kier molecular flexibility index (Phi) is 3.85. The molecule has 0 fully saturated rings. The van der Waals surface area contributed by atoms with Gasteiger partial charge in [0.1, 0.15) is 0 Å². The number of methoxy groups -OCH3 is 1. The van der Waals surface area contributed by atoms with E-state index in [9.17, 15) is 13.2 Å². The van der Waals surface area contributed by atoms with Crippen LogP contribution in [0.4, 0.5) is 11.5 Å². The second-order valence-corrected chi connectivity index (χ2v) is 5.75. The maximum Gasteiger partial charge on any atom is 0.337 e. The average molecular weight is 311 g/mol. The van der Waals surface area contributed by atoms with Gasteiger partial charge in [0.15, 0.2) is 16.5 Å². The summed E-state index contributed by atoms with van der Waals surface area (Å²) >= 11 is 0. The Hall–Kier alpha value is -2.55. The van der Waals surface area contributed by atoms with Crippen molar-refractivity contribution in [3.05, 3.63) is 35.6 Å². The molecule has 0 radical (unpaired) electrons. The fourth-order valence-corrected chi connectivity index (χ4v) is 3.01. The van der Waals surface area contributed by atoms with Gasteiger partial charge < -0.3 is 15.0 Å². The van der Waals surface area contributed by atoms with Gasteiger partial charge in [0.05, 0.1) is 12.7 Å². The molecule has 1 aromatic carbocycles. The van der Waals surface area contributed by atoms with Gasteiger partial charge in [0.2, 0.25) is 0 Å². The molecule has 0 atom stereocenters. The van der Waals surface area contributed by atoms with Gasteiger partial charge in [-0.25, -0.2) is 13.2 Å². The first-order chi connectivity index (χ1) is 9.85. The molecule has 8 nitrogen and oxygen atoms in total. The van der Waals surface area contributed by atoms with Gasteiger partial charge in [-0.05, 0) is 25.1 Å². The molecule has 0 aliphatic carbocycles. The summed E-state index contributed by atoms with van der Waals surface area (Å²) in [5.41, 5.74) is 5.89. The van der Waals surface area contributed by atoms with E-state index in [1.165, 1.54) is 38.3 Å². The average Bonchev–Trinajstić information content (AvgIpc) is 2.77. The highest BCUT2D eigenvalue weighted by Gasteiger charge is 2.25. The van der Waals surface area contributed by atoms with E-state index < -0.39 is 16.0 Å². The molecule has 3 N–H and O–H groups in total. The number of aryl methyl sites for hydroxylation is 1. The molecule has 9 heteroatoms. The Morgan fingerprint density at radius 2 is 2.14 bits per heavy atom. The lowest BCUT2D eigenvalue weighted by Crippen LogP contribution is -2.15. The number of hydrogen-bond donors (Lipinski definition) is 2. The van der Waals surface area contributed by atoms with Gasteiger partial charge in [0.25, 0.3) is 10.0 Å². The van der Waals surface area contributed by atoms with Crippen LogP contribution in [0.1, 0.15) is 16.1 Å². The SMILES string of the molecule is COC(=O)c1cccc(NS(=O)(=O)c2c(N)noc2C)c1. The first kappa shape index (κ1) is 14.9. The number of anilines is 2. The number of carbonyl (C=O) groups is 1. The molecule has 0 aliphatic rings. The topological polar surface area (TPSA) is 125 Å². The first-order valence-corrected chi connectivity index (χ1v) is 7.26. The maximum atomic E-state index is 12.2. The summed E-state index contributed by atoms with van der Waals surface area (Å²) in [6.45, 7) is 1.43. The number of nitrogens with zero attached hydrogens (tertiary/aromatic N) is 1. The second kappa shape index (κ2) is 5.44. The van der Waals surface area contributed by atoms with Gasteiger partial charge in [0, 0.05) is 5.69 Å². The maximum absolute atomic E-state index is 12.2. The molecular weight excluding hydrogens is 298 g/mol. The Morgan fingerprint density at radius 1 is 1.43 bits per heavy atom. The molecule has 21 heavy (non-hydrogen) atoms. The van der Waals surface area contributed by atoms with Crippen LogP contribution in [0.2, 0.25) is 0 Å². The second-order valence-electron chi connectivity index (χ2n) is 4.13. The fraction of sp³-hybridized carbons (Fsp3) is 0.167. The number of aromatic nitrogens is 1. The molecule has 0 aliphatic heterocycles. The van der Waals surface area contributed by atoms with E-state index in [1.54, 1.807) is 0 Å². The number of nitrogen functional groups attached to an aromatic ring is 1. The summed E-state index contributed by atoms with van der Waals surface area (Å²) in [7, 11) is -2.73. The van der Waals surface area contributed by atoms with Crippen LogP contribution >= 0.6 is 0 Å². The molecule has 0 amide bonds. The van der Waals surface area contributed by atoms with Crippen LogP contribution in [0.15, 0.2) is 33.7 Å². The van der Waals surface area contributed by atoms with E-state index in [0.29, 0.717) is 0 Å². The molecular formula is C12H13N3O5S. The highest BCUT2D eigenvalue weighted by Crippen LogP contribution is 2.24. The lowest BCUT2D eigenvalue weighted by atomic mass is 10.2. The van der Waals surface area contributed by atoms with Crippen LogP contribution in [0.5, 0.6) is 0 Å². The predicted octanol–water partition coefficient (Wildman–Crippen LogP) is 1.15. The lowest BCUT2D eigenvalue weighted by molar-refractivity contribution is 0.0601. The third-order valence-corrected chi connectivity index (χ3v) is 4.18. The summed E-state index contributed by atoms with van der Waals surface area (Å²) in [6.07, 6.45) is 0. The monoisotopic (exact) mass is 311 g/mol. The summed E-state index contributed by atoms with van der Waals surface area (Å²) < 4.78 is 36.1. The fourth-order valence-electron chi connectivity index (χ4n) is 1.74. The minimum atomic E-state index is -3.96. The predicted molar refractivity (Wildman–Crippen MR) is 74.2 cm³/mol. The van der Waals surface area contributed by atoms with Crippen molar-refractivity contribution < 1.29 is 22.5 Å². The van der Waals surface area contributed by atoms with Gasteiger partial charge in [-0.2, -0.15) is 0 Å². The standard InChI is InChI=1S/C12H13N3O5S/c1-7-10(11(13)14-20-7)21(17,18)15-9-5-3-4-8(6-9)12(16)19-2/h3-6,15H,1-2H3,(H2,13,14). The smallest absolute Gasteiger partial charge is 0.337 e. The van der Waals surface area contributed by atoms with Crippen molar-refractivity contribution in [3.63, 3.8) is 0 Å². The summed E-state index contributed by atoms with van der Waals surface area (Å²) in [6, 6.07) is 5.86. The van der Waals surface area contributed by atoms with Gasteiger partial charge in [-0.3, -0.25) is 4.72 Å². The Labute approximate surface area is 120 Å². The number of ether oxygens (including phenoxy) is 1. The van der Waals surface area contributed by atoms with Crippen LogP contribution in [-0.2, 0) is 14.8 Å². The van der Waals surface area contributed by atoms with E-state index >= 15 is 0 Å². The van der Waals surface area contributed by atoms with Crippen molar-refractivity contribution in [1.82, 2.24) is 5.16 Å². The van der Waals surface area contributed by atoms with Crippen LogP contribution in [0, 0.1) is 6.92 Å². The minimum absolute atomic E-state index is 0.0733. The Bertz CT molecular complexity index is 762. The third kappa shape index (κ3) is 2.97. The highest BCUT2D eigenvalue weighted by molar-refractivity contribution is 7.93. The van der Waals surface area contributed by atoms with Crippen molar-refractivity contribution in [1.29, 1.82) is 0 Å². The van der Waals surface area contributed by atoms with E-state index in [4.69, 9.17) is 10.3 Å². The lowest BCUT2D eigenvalue weighted by Gasteiger charge is -2.08. The van der Waals surface area contributed by atoms with Crippen LogP contribution in [-0.4, -0.2) is 26.7 Å². The van der Waals surface area contributed by atoms with Gasteiger partial charge in [-0.15, -0.1) is 0 Å². The van der Waals surface area contributed by atoms with E-state index in [2.05, 4.69) is 14.6 Å². The molecule has 112 valence electrons. The largest absolute Gasteiger partial charge is 0.465 e. The summed E-state index contributed by atoms with van der Waals surface area (Å²) in [4.78, 5) is 11.2. The van der Waals surface area contributed by atoms with Crippen molar-refractivity contribution in [3.8, 4) is 0 Å². The van der Waals surface area contributed by atoms with Crippen LogP contribution < -0.4 is 10.5 Å². The van der Waals surface area contributed by atoms with E-state index in [1.807, 2.05) is 0 Å². The van der Waals surface area contributed by atoms with Crippen LogP contribution in [0.3, 0.4) is 0 Å². The number of nitrogens with one attached hydrogen (secondary N) is 1. The zero-order valence-electron chi connectivity index (χ0n) is 11.3. The van der Waals surface area contributed by atoms with Crippen molar-refractivity contribution >= 4 is 27.5 Å². The molecule has 1 heterocycles. The van der Waals surface area contributed by atoms with Crippen molar-refractivity contribution in [2.24, 2.45) is 0 Å². The number of rotatable bonds is 4. The number of esters is 1. The summed E-state index contributed by atoms with van der Waals surface area (Å²) in [5.74, 6) is -0.732. The third-order valence-electron chi connectivity index (χ3n) is 2.64. The molecule has 0 saturated carbocycles. The van der Waals surface area contributed by atoms with Crippen LogP contribution in [0.25, 0.3) is 0 Å². The quantitative estimate of drug-likeness (QED) is 0.811. The molecule has 0 saturated heterocycles. The molecule has 0 bridgehead atoms. The Morgan fingerprint density at radius 3 is 2.71 bits per heavy atom. The number of hydrogen-bond acceptors (Lipinski definition) is 7.